The van der Waals surface area contributed by atoms with Crippen LogP contribution in [0.1, 0.15) is 40.0 Å². The van der Waals surface area contributed by atoms with Gasteiger partial charge in [-0.15, -0.1) is 0 Å². The SMILES string of the molecule is CC(C)(C)OC(=O)N1C[C@]2(F)CCC[C@]2(C(=O)O)C1. The molecule has 2 aliphatic rings. The molecular formula is C13H20FNO4. The molecule has 0 bridgehead atoms. The van der Waals surface area contributed by atoms with Gasteiger partial charge >= 0.3 is 12.1 Å². The number of nitrogens with zero attached hydrogens (tertiary/aromatic N) is 1. The van der Waals surface area contributed by atoms with Crippen LogP contribution in [0.3, 0.4) is 0 Å². The molecule has 6 heteroatoms. The van der Waals surface area contributed by atoms with Gasteiger partial charge in [0.05, 0.1) is 6.54 Å². The first-order valence-electron chi connectivity index (χ1n) is 6.50. The van der Waals surface area contributed by atoms with Crippen molar-refractivity contribution in [2.45, 2.75) is 51.3 Å². The summed E-state index contributed by atoms with van der Waals surface area (Å²) in [5.74, 6) is -1.15. The van der Waals surface area contributed by atoms with Crippen molar-refractivity contribution < 1.29 is 23.8 Å². The number of hydrogen-bond acceptors (Lipinski definition) is 3. The maximum Gasteiger partial charge on any atom is 0.410 e. The van der Waals surface area contributed by atoms with Crippen LogP contribution in [0.4, 0.5) is 9.18 Å². The number of fused-ring (bicyclic) bond motifs is 1. The first kappa shape index (κ1) is 14.1. The van der Waals surface area contributed by atoms with Crippen LogP contribution in [0.25, 0.3) is 0 Å². The Morgan fingerprint density at radius 2 is 1.89 bits per heavy atom. The quantitative estimate of drug-likeness (QED) is 0.795. The van der Waals surface area contributed by atoms with E-state index in [1.165, 1.54) is 4.90 Å². The van der Waals surface area contributed by atoms with Crippen molar-refractivity contribution in [2.24, 2.45) is 5.41 Å². The van der Waals surface area contributed by atoms with E-state index in [0.717, 1.165) is 0 Å². The molecule has 2 atom stereocenters. The lowest BCUT2D eigenvalue weighted by molar-refractivity contribution is -0.153. The molecule has 0 spiro atoms. The lowest BCUT2D eigenvalue weighted by atomic mass is 9.78. The van der Waals surface area contributed by atoms with E-state index in [9.17, 15) is 19.1 Å². The summed E-state index contributed by atoms with van der Waals surface area (Å²) >= 11 is 0. The van der Waals surface area contributed by atoms with Gasteiger partial charge in [-0.1, -0.05) is 0 Å². The summed E-state index contributed by atoms with van der Waals surface area (Å²) in [6.45, 7) is 4.88. The summed E-state index contributed by atoms with van der Waals surface area (Å²) < 4.78 is 20.0. The average molecular weight is 273 g/mol. The van der Waals surface area contributed by atoms with E-state index >= 15 is 0 Å². The van der Waals surface area contributed by atoms with Crippen molar-refractivity contribution in [2.75, 3.05) is 13.1 Å². The smallest absolute Gasteiger partial charge is 0.410 e. The van der Waals surface area contributed by atoms with E-state index in [-0.39, 0.29) is 25.9 Å². The minimum atomic E-state index is -1.82. The van der Waals surface area contributed by atoms with Crippen molar-refractivity contribution >= 4 is 12.1 Å². The van der Waals surface area contributed by atoms with Gasteiger partial charge in [-0.05, 0) is 40.0 Å². The highest BCUT2D eigenvalue weighted by molar-refractivity contribution is 5.80. The van der Waals surface area contributed by atoms with Crippen LogP contribution >= 0.6 is 0 Å². The Morgan fingerprint density at radius 3 is 2.37 bits per heavy atom. The molecule has 2 fully saturated rings. The van der Waals surface area contributed by atoms with Gasteiger partial charge in [0.25, 0.3) is 0 Å². The number of carboxylic acid groups (broad SMARTS) is 1. The number of halogens is 1. The zero-order valence-electron chi connectivity index (χ0n) is 11.5. The highest BCUT2D eigenvalue weighted by Crippen LogP contribution is 2.54. The van der Waals surface area contributed by atoms with Gasteiger partial charge in [-0.2, -0.15) is 0 Å². The molecule has 108 valence electrons. The number of carbonyl (C=O) groups is 2. The van der Waals surface area contributed by atoms with Gasteiger partial charge in [-0.3, -0.25) is 4.79 Å². The lowest BCUT2D eigenvalue weighted by Crippen LogP contribution is -2.45. The Labute approximate surface area is 111 Å². The largest absolute Gasteiger partial charge is 0.481 e. The third-order valence-corrected chi connectivity index (χ3v) is 4.00. The number of alkyl halides is 1. The van der Waals surface area contributed by atoms with E-state index < -0.39 is 28.7 Å². The van der Waals surface area contributed by atoms with E-state index in [0.29, 0.717) is 6.42 Å². The second-order valence-electron chi connectivity index (χ2n) is 6.54. The Bertz CT molecular complexity index is 419. The molecule has 2 rings (SSSR count). The predicted octanol–water partition coefficient (Wildman–Crippen LogP) is 2.20. The van der Waals surface area contributed by atoms with Gasteiger partial charge in [-0.25, -0.2) is 9.18 Å². The number of likely N-dealkylation sites (tertiary alicyclic amines) is 1. The molecule has 0 radical (unpaired) electrons. The first-order chi connectivity index (χ1) is 8.60. The second-order valence-corrected chi connectivity index (χ2v) is 6.54. The predicted molar refractivity (Wildman–Crippen MR) is 65.6 cm³/mol. The fourth-order valence-corrected chi connectivity index (χ4v) is 3.09. The average Bonchev–Trinajstić information content (AvgIpc) is 2.66. The van der Waals surface area contributed by atoms with Crippen molar-refractivity contribution in [1.82, 2.24) is 4.90 Å². The Hall–Kier alpha value is -1.33. The Balaban J connectivity index is 2.18. The summed E-state index contributed by atoms with van der Waals surface area (Å²) in [6, 6.07) is 0. The highest BCUT2D eigenvalue weighted by atomic mass is 19.1. The number of carbonyl (C=O) groups excluding carboxylic acids is 1. The number of aliphatic carboxylic acids is 1. The molecule has 0 aromatic carbocycles. The normalized spacial score (nSPS) is 34.2. The zero-order chi connectivity index (χ0) is 14.5. The third-order valence-electron chi connectivity index (χ3n) is 4.00. The molecule has 1 saturated heterocycles. The fraction of sp³-hybridized carbons (Fsp3) is 0.846. The minimum Gasteiger partial charge on any atom is -0.481 e. The summed E-state index contributed by atoms with van der Waals surface area (Å²) in [6.07, 6.45) is 0.376. The first-order valence-corrected chi connectivity index (χ1v) is 6.50. The Morgan fingerprint density at radius 1 is 1.26 bits per heavy atom. The number of amides is 1. The van der Waals surface area contributed by atoms with Crippen LogP contribution in [0.15, 0.2) is 0 Å². The Kier molecular flexibility index (Phi) is 3.03. The van der Waals surface area contributed by atoms with E-state index in [2.05, 4.69) is 0 Å². The van der Waals surface area contributed by atoms with Gasteiger partial charge in [0.1, 0.15) is 16.7 Å². The molecule has 0 aromatic heterocycles. The maximum absolute atomic E-state index is 14.8. The minimum absolute atomic E-state index is 0.103. The van der Waals surface area contributed by atoms with Gasteiger partial charge in [0.15, 0.2) is 0 Å². The summed E-state index contributed by atoms with van der Waals surface area (Å²) in [5.41, 5.74) is -3.95. The summed E-state index contributed by atoms with van der Waals surface area (Å²) in [7, 11) is 0. The molecular weight excluding hydrogens is 253 g/mol. The highest BCUT2D eigenvalue weighted by Gasteiger charge is 2.67. The zero-order valence-corrected chi connectivity index (χ0v) is 11.5. The van der Waals surface area contributed by atoms with Crippen molar-refractivity contribution in [3.63, 3.8) is 0 Å². The van der Waals surface area contributed by atoms with Crippen molar-refractivity contribution in [3.8, 4) is 0 Å². The second kappa shape index (κ2) is 4.08. The van der Waals surface area contributed by atoms with Crippen LogP contribution in [0, 0.1) is 5.41 Å². The standard InChI is InChI=1S/C13H20FNO4/c1-11(2,3)19-10(18)15-7-12(9(16)17)5-4-6-13(12,14)8-15/h4-8H2,1-3H3,(H,16,17)/t12-,13-/m1/s1. The third kappa shape index (κ3) is 2.17. The van der Waals surface area contributed by atoms with Gasteiger partial charge < -0.3 is 14.7 Å². The lowest BCUT2D eigenvalue weighted by Gasteiger charge is -2.27. The monoisotopic (exact) mass is 273 g/mol. The van der Waals surface area contributed by atoms with Crippen LogP contribution in [0.5, 0.6) is 0 Å². The van der Waals surface area contributed by atoms with Crippen molar-refractivity contribution in [1.29, 1.82) is 0 Å². The van der Waals surface area contributed by atoms with Gasteiger partial charge in [0.2, 0.25) is 0 Å². The molecule has 5 nitrogen and oxygen atoms in total. The fourth-order valence-electron chi connectivity index (χ4n) is 3.09. The molecule has 0 aromatic rings. The van der Waals surface area contributed by atoms with E-state index in [1.54, 1.807) is 20.8 Å². The molecule has 1 N–H and O–H groups in total. The van der Waals surface area contributed by atoms with Crippen LogP contribution < -0.4 is 0 Å². The molecule has 1 aliphatic carbocycles. The molecule has 0 unspecified atom stereocenters. The van der Waals surface area contributed by atoms with Crippen LogP contribution in [-0.4, -0.2) is 46.4 Å². The van der Waals surface area contributed by atoms with Crippen LogP contribution in [-0.2, 0) is 9.53 Å². The molecule has 19 heavy (non-hydrogen) atoms. The van der Waals surface area contributed by atoms with E-state index in [1.807, 2.05) is 0 Å². The van der Waals surface area contributed by atoms with Crippen molar-refractivity contribution in [3.05, 3.63) is 0 Å². The maximum atomic E-state index is 14.8. The van der Waals surface area contributed by atoms with Gasteiger partial charge in [0, 0.05) is 6.54 Å². The summed E-state index contributed by atoms with van der Waals surface area (Å²) in [5, 5.41) is 9.35. The molecule has 1 saturated carbocycles. The topological polar surface area (TPSA) is 66.8 Å². The molecule has 1 amide bonds. The number of carboxylic acids is 1. The number of rotatable bonds is 1. The molecule has 1 heterocycles. The van der Waals surface area contributed by atoms with E-state index in [4.69, 9.17) is 4.74 Å². The molecule has 1 aliphatic heterocycles. The number of ether oxygens (including phenoxy) is 1. The van der Waals surface area contributed by atoms with Crippen LogP contribution in [0.2, 0.25) is 0 Å². The number of hydrogen-bond donors (Lipinski definition) is 1. The summed E-state index contributed by atoms with van der Waals surface area (Å²) in [4.78, 5) is 24.6.